The maximum absolute atomic E-state index is 13.9. The number of rotatable bonds is 1. The number of hydrogen-bond acceptors (Lipinski definition) is 5. The topological polar surface area (TPSA) is 58.7 Å². The highest BCUT2D eigenvalue weighted by molar-refractivity contribution is 8.13. The third-order valence-corrected chi connectivity index (χ3v) is 8.37. The van der Waals surface area contributed by atoms with E-state index in [2.05, 4.69) is 23.4 Å². The molecule has 6 rings (SSSR count). The standard InChI is InChI=1S/C23H25N3O2S/c1-13-17-12-22(9-8-19(17)25-28-13)11-16-7-6-15(14-4-5-14)10-18(16)23(22)20(27)26(2)21(24-23)29-3/h6-7,10,14H,4-5,8-9,11-12H2,1-3H3. The molecule has 29 heavy (non-hydrogen) atoms. The summed E-state index contributed by atoms with van der Waals surface area (Å²) in [4.78, 5) is 20.9. The van der Waals surface area contributed by atoms with E-state index in [-0.39, 0.29) is 11.3 Å². The summed E-state index contributed by atoms with van der Waals surface area (Å²) in [5.74, 6) is 1.67. The normalized spacial score (nSPS) is 30.2. The highest BCUT2D eigenvalue weighted by atomic mass is 32.2. The monoisotopic (exact) mass is 407 g/mol. The predicted molar refractivity (Wildman–Crippen MR) is 113 cm³/mol. The van der Waals surface area contributed by atoms with E-state index < -0.39 is 5.54 Å². The molecule has 3 aliphatic carbocycles. The van der Waals surface area contributed by atoms with Crippen molar-refractivity contribution < 1.29 is 9.32 Å². The summed E-state index contributed by atoms with van der Waals surface area (Å²) in [7, 11) is 1.88. The second-order valence-corrected chi connectivity index (χ2v) is 9.94. The Balaban J connectivity index is 1.58. The molecule has 6 heteroatoms. The molecule has 2 spiro atoms. The quantitative estimate of drug-likeness (QED) is 0.718. The van der Waals surface area contributed by atoms with Gasteiger partial charge in [0.15, 0.2) is 10.7 Å². The fourth-order valence-corrected chi connectivity index (χ4v) is 6.52. The van der Waals surface area contributed by atoms with Crippen molar-refractivity contribution in [2.24, 2.45) is 10.4 Å². The van der Waals surface area contributed by atoms with Gasteiger partial charge in [0.25, 0.3) is 5.91 Å². The zero-order valence-corrected chi connectivity index (χ0v) is 17.9. The number of fused-ring (bicyclic) bond motifs is 4. The number of aliphatic imine (C=N–C) groups is 1. The molecule has 1 aromatic heterocycles. The van der Waals surface area contributed by atoms with E-state index in [1.807, 2.05) is 20.2 Å². The van der Waals surface area contributed by atoms with Gasteiger partial charge in [-0.2, -0.15) is 0 Å². The van der Waals surface area contributed by atoms with Gasteiger partial charge in [0.2, 0.25) is 0 Å². The first-order valence-corrected chi connectivity index (χ1v) is 11.7. The Bertz CT molecular complexity index is 1090. The minimum absolute atomic E-state index is 0.131. The van der Waals surface area contributed by atoms with Crippen LogP contribution in [-0.2, 0) is 29.6 Å². The number of benzene rings is 1. The molecule has 2 heterocycles. The number of aromatic nitrogens is 1. The highest BCUT2D eigenvalue weighted by Gasteiger charge is 2.66. The van der Waals surface area contributed by atoms with E-state index in [9.17, 15) is 4.79 Å². The second kappa shape index (κ2) is 5.75. The van der Waals surface area contributed by atoms with E-state index in [1.165, 1.54) is 29.5 Å². The van der Waals surface area contributed by atoms with Gasteiger partial charge in [-0.15, -0.1) is 0 Å². The predicted octanol–water partition coefficient (Wildman–Crippen LogP) is 3.98. The Morgan fingerprint density at radius 2 is 2.10 bits per heavy atom. The summed E-state index contributed by atoms with van der Waals surface area (Å²) in [6.45, 7) is 1.99. The first-order chi connectivity index (χ1) is 14.0. The van der Waals surface area contributed by atoms with Gasteiger partial charge in [0.05, 0.1) is 5.69 Å². The van der Waals surface area contributed by atoms with Gasteiger partial charge < -0.3 is 4.52 Å². The number of likely N-dealkylation sites (N-methyl/N-ethyl adjacent to an activating group) is 1. The van der Waals surface area contributed by atoms with Gasteiger partial charge in [-0.05, 0) is 74.3 Å². The summed E-state index contributed by atoms with van der Waals surface area (Å²) in [5, 5.41) is 5.10. The summed E-state index contributed by atoms with van der Waals surface area (Å²) in [6.07, 6.45) is 7.97. The smallest absolute Gasteiger partial charge is 0.261 e. The number of thioether (sulfide) groups is 1. The number of amides is 1. The lowest BCUT2D eigenvalue weighted by molar-refractivity contribution is -0.135. The lowest BCUT2D eigenvalue weighted by Crippen LogP contribution is -2.51. The average molecular weight is 408 g/mol. The molecule has 0 radical (unpaired) electrons. The molecule has 2 unspecified atom stereocenters. The summed E-state index contributed by atoms with van der Waals surface area (Å²) in [5.41, 5.74) is 5.01. The lowest BCUT2D eigenvalue weighted by Gasteiger charge is -2.43. The van der Waals surface area contributed by atoms with Crippen LogP contribution in [0.2, 0.25) is 0 Å². The Labute approximate surface area is 174 Å². The zero-order valence-electron chi connectivity index (χ0n) is 17.1. The van der Waals surface area contributed by atoms with E-state index in [4.69, 9.17) is 9.52 Å². The third kappa shape index (κ3) is 2.16. The van der Waals surface area contributed by atoms with Crippen LogP contribution in [0.4, 0.5) is 0 Å². The largest absolute Gasteiger partial charge is 0.361 e. The highest BCUT2D eigenvalue weighted by Crippen LogP contribution is 2.62. The Kier molecular flexibility index (Phi) is 3.52. The molecule has 5 nitrogen and oxygen atoms in total. The molecule has 0 bridgehead atoms. The molecular weight excluding hydrogens is 382 g/mol. The van der Waals surface area contributed by atoms with Crippen molar-refractivity contribution in [3.63, 3.8) is 0 Å². The Morgan fingerprint density at radius 1 is 1.28 bits per heavy atom. The van der Waals surface area contributed by atoms with Crippen molar-refractivity contribution >= 4 is 22.8 Å². The molecule has 0 N–H and O–H groups in total. The van der Waals surface area contributed by atoms with Crippen LogP contribution in [0, 0.1) is 12.3 Å². The van der Waals surface area contributed by atoms with Gasteiger partial charge in [-0.1, -0.05) is 35.1 Å². The van der Waals surface area contributed by atoms with Crippen molar-refractivity contribution in [2.75, 3.05) is 13.3 Å². The van der Waals surface area contributed by atoms with Gasteiger partial charge >= 0.3 is 0 Å². The van der Waals surface area contributed by atoms with Crippen LogP contribution in [-0.4, -0.2) is 34.4 Å². The number of aryl methyl sites for hydroxylation is 2. The van der Waals surface area contributed by atoms with E-state index >= 15 is 0 Å². The molecule has 2 atom stereocenters. The third-order valence-electron chi connectivity index (χ3n) is 7.64. The van der Waals surface area contributed by atoms with Gasteiger partial charge in [0.1, 0.15) is 5.76 Å². The van der Waals surface area contributed by atoms with E-state index in [1.54, 1.807) is 16.7 Å². The van der Waals surface area contributed by atoms with Crippen molar-refractivity contribution in [1.82, 2.24) is 10.1 Å². The molecule has 150 valence electrons. The Hall–Kier alpha value is -2.08. The fraction of sp³-hybridized carbons (Fsp3) is 0.522. The van der Waals surface area contributed by atoms with E-state index in [0.29, 0.717) is 5.92 Å². The number of carbonyl (C=O) groups is 1. The van der Waals surface area contributed by atoms with Crippen LogP contribution in [0.3, 0.4) is 0 Å². The molecule has 1 saturated carbocycles. The first-order valence-electron chi connectivity index (χ1n) is 10.5. The average Bonchev–Trinajstić information content (AvgIpc) is 3.41. The maximum atomic E-state index is 13.9. The fourth-order valence-electron chi connectivity index (χ4n) is 5.94. The van der Waals surface area contributed by atoms with Gasteiger partial charge in [-0.3, -0.25) is 9.69 Å². The van der Waals surface area contributed by atoms with Crippen molar-refractivity contribution in [2.45, 2.75) is 56.9 Å². The summed E-state index contributed by atoms with van der Waals surface area (Å²) in [6, 6.07) is 6.87. The van der Waals surface area contributed by atoms with Crippen LogP contribution >= 0.6 is 11.8 Å². The van der Waals surface area contributed by atoms with Gasteiger partial charge in [0, 0.05) is 18.0 Å². The van der Waals surface area contributed by atoms with Crippen molar-refractivity contribution in [1.29, 1.82) is 0 Å². The maximum Gasteiger partial charge on any atom is 0.261 e. The molecule has 1 aliphatic heterocycles. The number of nitrogens with zero attached hydrogens (tertiary/aromatic N) is 3. The number of amidine groups is 1. The minimum atomic E-state index is -0.818. The second-order valence-electron chi connectivity index (χ2n) is 9.16. The summed E-state index contributed by atoms with van der Waals surface area (Å²) < 4.78 is 5.51. The molecule has 1 amide bonds. The molecule has 1 fully saturated rings. The van der Waals surface area contributed by atoms with Crippen LogP contribution < -0.4 is 0 Å². The summed E-state index contributed by atoms with van der Waals surface area (Å²) >= 11 is 1.56. The number of hydrogen-bond donors (Lipinski definition) is 0. The SMILES string of the molecule is CSC1=NC2(C(=O)N1C)c1cc(C3CC3)ccc1CC21CCc2noc(C)c2C1. The van der Waals surface area contributed by atoms with Crippen LogP contribution in [0.1, 0.15) is 58.9 Å². The Morgan fingerprint density at radius 3 is 2.83 bits per heavy atom. The molecule has 4 aliphatic rings. The molecule has 1 aromatic carbocycles. The number of carbonyl (C=O) groups excluding carboxylic acids is 1. The van der Waals surface area contributed by atoms with Crippen LogP contribution in [0.5, 0.6) is 0 Å². The zero-order chi connectivity index (χ0) is 20.0. The molecular formula is C23H25N3O2S. The van der Waals surface area contributed by atoms with E-state index in [0.717, 1.165) is 47.9 Å². The van der Waals surface area contributed by atoms with Crippen molar-refractivity contribution in [3.8, 4) is 0 Å². The van der Waals surface area contributed by atoms with Crippen LogP contribution in [0.25, 0.3) is 0 Å². The lowest BCUT2D eigenvalue weighted by atomic mass is 9.61. The van der Waals surface area contributed by atoms with Crippen molar-refractivity contribution in [3.05, 3.63) is 51.9 Å². The first kappa shape index (κ1) is 17.8. The molecule has 0 saturated heterocycles. The minimum Gasteiger partial charge on any atom is -0.361 e. The molecule has 2 aromatic rings. The van der Waals surface area contributed by atoms with Gasteiger partial charge in [-0.25, -0.2) is 4.99 Å². The van der Waals surface area contributed by atoms with Crippen LogP contribution in [0.15, 0.2) is 27.7 Å².